The lowest BCUT2D eigenvalue weighted by molar-refractivity contribution is 0.0240. The van der Waals surface area contributed by atoms with Crippen LogP contribution >= 0.6 is 0 Å². The van der Waals surface area contributed by atoms with Gasteiger partial charge in [0.2, 0.25) is 0 Å². The van der Waals surface area contributed by atoms with E-state index in [9.17, 15) is 0 Å². The van der Waals surface area contributed by atoms with Gasteiger partial charge >= 0.3 is 0 Å². The smallest absolute Gasteiger partial charge is 0.0145 e. The lowest BCUT2D eigenvalue weighted by Gasteiger charge is -2.48. The average molecular weight is 197 g/mol. The fourth-order valence-corrected chi connectivity index (χ4v) is 3.10. The third-order valence-corrected chi connectivity index (χ3v) is 3.71. The fourth-order valence-electron chi connectivity index (χ4n) is 3.10. The summed E-state index contributed by atoms with van der Waals surface area (Å²) in [5, 5.41) is 0. The molecule has 82 valence electrons. The first-order chi connectivity index (χ1) is 6.70. The maximum Gasteiger partial charge on any atom is 0.0145 e. The molecule has 3 heteroatoms. The van der Waals surface area contributed by atoms with Crippen molar-refractivity contribution in [1.82, 2.24) is 9.80 Å². The lowest BCUT2D eigenvalue weighted by atomic mass is 9.80. The van der Waals surface area contributed by atoms with Crippen molar-refractivity contribution < 1.29 is 0 Å². The van der Waals surface area contributed by atoms with Crippen LogP contribution in [0, 0.1) is 11.8 Å². The van der Waals surface area contributed by atoms with Gasteiger partial charge in [-0.3, -0.25) is 0 Å². The van der Waals surface area contributed by atoms with Gasteiger partial charge in [0.05, 0.1) is 0 Å². The van der Waals surface area contributed by atoms with Crippen LogP contribution in [0.15, 0.2) is 0 Å². The van der Waals surface area contributed by atoms with E-state index in [1.54, 1.807) is 0 Å². The minimum atomic E-state index is 0.458. The average Bonchev–Trinajstić information content (AvgIpc) is 2.09. The molecule has 0 amide bonds. The zero-order valence-electron chi connectivity index (χ0n) is 9.45. The third kappa shape index (κ3) is 1.95. The van der Waals surface area contributed by atoms with Crippen molar-refractivity contribution in [3.8, 4) is 0 Å². The highest BCUT2D eigenvalue weighted by Gasteiger charge is 2.38. The molecule has 0 spiro atoms. The molecule has 14 heavy (non-hydrogen) atoms. The van der Waals surface area contributed by atoms with Gasteiger partial charge in [-0.1, -0.05) is 6.92 Å². The van der Waals surface area contributed by atoms with Crippen molar-refractivity contribution in [2.45, 2.75) is 19.4 Å². The Bertz CT molecular complexity index is 179. The van der Waals surface area contributed by atoms with Crippen LogP contribution in [-0.4, -0.2) is 55.6 Å². The molecule has 0 aromatic rings. The van der Waals surface area contributed by atoms with Crippen LogP contribution in [-0.2, 0) is 0 Å². The normalized spacial score (nSPS) is 40.1. The minimum Gasteiger partial charge on any atom is -0.327 e. The molecule has 2 saturated heterocycles. The maximum absolute atomic E-state index is 6.25. The number of nitrogens with zero attached hydrogens (tertiary/aromatic N) is 2. The predicted octanol–water partition coefficient (Wildman–Crippen LogP) is 0.217. The topological polar surface area (TPSA) is 32.5 Å². The van der Waals surface area contributed by atoms with E-state index in [1.807, 2.05) is 0 Å². The zero-order valence-corrected chi connectivity index (χ0v) is 9.45. The first kappa shape index (κ1) is 10.4. The molecule has 0 aromatic carbocycles. The number of nitrogens with two attached hydrogens (primary N) is 1. The van der Waals surface area contributed by atoms with Crippen LogP contribution in [0.1, 0.15) is 13.3 Å². The highest BCUT2D eigenvalue weighted by Crippen LogP contribution is 2.26. The summed E-state index contributed by atoms with van der Waals surface area (Å²) in [4.78, 5) is 5.05. The maximum atomic E-state index is 6.25. The van der Waals surface area contributed by atoms with E-state index in [0.717, 1.165) is 0 Å². The summed E-state index contributed by atoms with van der Waals surface area (Å²) in [6, 6.07) is 0.458. The highest BCUT2D eigenvalue weighted by molar-refractivity contribution is 4.95. The van der Waals surface area contributed by atoms with Crippen molar-refractivity contribution in [2.24, 2.45) is 17.6 Å². The third-order valence-electron chi connectivity index (χ3n) is 3.71. The second-order valence-corrected chi connectivity index (χ2v) is 5.08. The molecule has 0 aliphatic carbocycles. The van der Waals surface area contributed by atoms with E-state index >= 15 is 0 Å². The van der Waals surface area contributed by atoms with Gasteiger partial charge in [-0.25, -0.2) is 0 Å². The zero-order chi connectivity index (χ0) is 10.1. The van der Waals surface area contributed by atoms with E-state index in [-0.39, 0.29) is 0 Å². The molecule has 2 aliphatic rings. The summed E-state index contributed by atoms with van der Waals surface area (Å²) < 4.78 is 0. The standard InChI is InChI=1S/C11H23N3/c1-3-4-14-7-9-5-13(2)6-10(8-14)11(9)12/h9-11H,3-8,12H2,1-2H3. The van der Waals surface area contributed by atoms with Gasteiger partial charge in [0.25, 0.3) is 0 Å². The van der Waals surface area contributed by atoms with Crippen LogP contribution in [0.3, 0.4) is 0 Å². The Morgan fingerprint density at radius 3 is 2.21 bits per heavy atom. The van der Waals surface area contributed by atoms with Crippen molar-refractivity contribution in [3.63, 3.8) is 0 Å². The molecule has 2 heterocycles. The van der Waals surface area contributed by atoms with Gasteiger partial charge in [0, 0.05) is 32.2 Å². The number of piperidine rings is 2. The number of likely N-dealkylation sites (tertiary alicyclic amines) is 2. The minimum absolute atomic E-state index is 0.458. The van der Waals surface area contributed by atoms with Crippen molar-refractivity contribution in [2.75, 3.05) is 39.8 Å². The Morgan fingerprint density at radius 2 is 1.71 bits per heavy atom. The Kier molecular flexibility index (Phi) is 3.10. The van der Waals surface area contributed by atoms with E-state index in [4.69, 9.17) is 5.73 Å². The molecule has 2 fully saturated rings. The van der Waals surface area contributed by atoms with E-state index in [0.29, 0.717) is 17.9 Å². The fraction of sp³-hybridized carbons (Fsp3) is 1.00. The van der Waals surface area contributed by atoms with E-state index < -0.39 is 0 Å². The first-order valence-corrected chi connectivity index (χ1v) is 5.87. The molecule has 0 saturated carbocycles. The summed E-state index contributed by atoms with van der Waals surface area (Å²) in [5.41, 5.74) is 6.25. The highest BCUT2D eigenvalue weighted by atomic mass is 15.2. The van der Waals surface area contributed by atoms with Gasteiger partial charge in [-0.2, -0.15) is 0 Å². The molecule has 2 rings (SSSR count). The summed E-state index contributed by atoms with van der Waals surface area (Å²) >= 11 is 0. The summed E-state index contributed by atoms with van der Waals surface area (Å²) in [6.07, 6.45) is 1.27. The SMILES string of the molecule is CCCN1CC2CN(C)CC(C1)C2N. The van der Waals surface area contributed by atoms with E-state index in [2.05, 4.69) is 23.8 Å². The molecule has 0 radical (unpaired) electrons. The molecular formula is C11H23N3. The number of hydrogen-bond donors (Lipinski definition) is 1. The van der Waals surface area contributed by atoms with Crippen LogP contribution in [0.4, 0.5) is 0 Å². The molecule has 3 nitrogen and oxygen atoms in total. The molecule has 2 aliphatic heterocycles. The Balaban J connectivity index is 1.98. The van der Waals surface area contributed by atoms with Crippen molar-refractivity contribution in [1.29, 1.82) is 0 Å². The Hall–Kier alpha value is -0.120. The summed E-state index contributed by atoms with van der Waals surface area (Å²) in [6.45, 7) is 8.33. The predicted molar refractivity (Wildman–Crippen MR) is 59.2 cm³/mol. The van der Waals surface area contributed by atoms with Crippen molar-refractivity contribution >= 4 is 0 Å². The lowest BCUT2D eigenvalue weighted by Crippen LogP contribution is -2.62. The largest absolute Gasteiger partial charge is 0.327 e. The molecule has 2 atom stereocenters. The van der Waals surface area contributed by atoms with Crippen LogP contribution in [0.2, 0.25) is 0 Å². The molecule has 2 N–H and O–H groups in total. The summed E-state index contributed by atoms with van der Waals surface area (Å²) in [7, 11) is 2.22. The van der Waals surface area contributed by atoms with Crippen LogP contribution < -0.4 is 5.73 Å². The van der Waals surface area contributed by atoms with Gasteiger partial charge < -0.3 is 15.5 Å². The first-order valence-electron chi connectivity index (χ1n) is 5.87. The van der Waals surface area contributed by atoms with E-state index in [1.165, 1.54) is 39.1 Å². The molecule has 0 aromatic heterocycles. The van der Waals surface area contributed by atoms with Gasteiger partial charge in [-0.15, -0.1) is 0 Å². The van der Waals surface area contributed by atoms with Gasteiger partial charge in [0.1, 0.15) is 0 Å². The van der Waals surface area contributed by atoms with Gasteiger partial charge in [0.15, 0.2) is 0 Å². The van der Waals surface area contributed by atoms with Crippen LogP contribution in [0.5, 0.6) is 0 Å². The second kappa shape index (κ2) is 4.17. The summed E-state index contributed by atoms with van der Waals surface area (Å²) in [5.74, 6) is 1.41. The number of rotatable bonds is 2. The molecular weight excluding hydrogens is 174 g/mol. The number of hydrogen-bond acceptors (Lipinski definition) is 3. The Labute approximate surface area is 87.2 Å². The monoisotopic (exact) mass is 197 g/mol. The van der Waals surface area contributed by atoms with Crippen molar-refractivity contribution in [3.05, 3.63) is 0 Å². The Morgan fingerprint density at radius 1 is 1.14 bits per heavy atom. The second-order valence-electron chi connectivity index (χ2n) is 5.08. The quantitative estimate of drug-likeness (QED) is 0.687. The number of fused-ring (bicyclic) bond motifs is 2. The molecule has 2 bridgehead atoms. The van der Waals surface area contributed by atoms with Crippen LogP contribution in [0.25, 0.3) is 0 Å². The van der Waals surface area contributed by atoms with Gasteiger partial charge in [-0.05, 0) is 31.8 Å². The molecule has 2 unspecified atom stereocenters.